The minimum absolute atomic E-state index is 0.0586. The van der Waals surface area contributed by atoms with Gasteiger partial charge in [0.25, 0.3) is 5.91 Å². The quantitative estimate of drug-likeness (QED) is 0.480. The molecule has 3 atom stereocenters. The summed E-state index contributed by atoms with van der Waals surface area (Å²) < 4.78 is 21.4. The summed E-state index contributed by atoms with van der Waals surface area (Å²) in [5.74, 6) is 0.177. The molecule has 1 aromatic carbocycles. The maximum atomic E-state index is 15.2. The van der Waals surface area contributed by atoms with Crippen molar-refractivity contribution in [1.29, 1.82) is 0 Å². The van der Waals surface area contributed by atoms with E-state index in [9.17, 15) is 19.8 Å². The molecule has 7 heteroatoms. The van der Waals surface area contributed by atoms with E-state index in [1.54, 1.807) is 6.92 Å². The van der Waals surface area contributed by atoms with Crippen LogP contribution in [-0.2, 0) is 4.79 Å². The molecular weight excluding hydrogens is 437 g/mol. The standard InChI is InChI=1S/C27H38FNO5/c1-4-23(26(32)33)29(15-30)25(31)21-10-20(19-5-6-19)24(11-22(21)28)34-14-27(3)12-17-7-16(2)8-18(9-17)13-27/h10-11,16-19,23,30H,4-9,12-15H2,1-3H3,(H,32,33)/t16?,17?,18?,23-,27?/m0/s1. The third-order valence-electron chi connectivity index (χ3n) is 8.09. The van der Waals surface area contributed by atoms with Gasteiger partial charge in [0.05, 0.1) is 12.2 Å². The molecule has 1 aromatic rings. The monoisotopic (exact) mass is 475 g/mol. The largest absolute Gasteiger partial charge is 0.493 e. The van der Waals surface area contributed by atoms with Crippen LogP contribution in [-0.4, -0.2) is 46.4 Å². The predicted octanol–water partition coefficient (Wildman–Crippen LogP) is 5.19. The fraction of sp³-hybridized carbons (Fsp3) is 0.704. The van der Waals surface area contributed by atoms with Gasteiger partial charge in [-0.1, -0.05) is 20.8 Å². The van der Waals surface area contributed by atoms with Crippen molar-refractivity contribution in [3.05, 3.63) is 29.1 Å². The number of amides is 1. The molecular formula is C27H38FNO5. The first-order chi connectivity index (χ1) is 16.1. The summed E-state index contributed by atoms with van der Waals surface area (Å²) in [7, 11) is 0. The third kappa shape index (κ3) is 5.24. The van der Waals surface area contributed by atoms with E-state index in [1.165, 1.54) is 31.4 Å². The molecule has 2 unspecified atom stereocenters. The lowest BCUT2D eigenvalue weighted by atomic mass is 9.60. The van der Waals surface area contributed by atoms with E-state index < -0.39 is 30.5 Å². The first-order valence-electron chi connectivity index (χ1n) is 12.7. The maximum Gasteiger partial charge on any atom is 0.326 e. The highest BCUT2D eigenvalue weighted by atomic mass is 19.1. The Bertz CT molecular complexity index is 912. The maximum absolute atomic E-state index is 15.2. The molecule has 0 aliphatic heterocycles. The van der Waals surface area contributed by atoms with Crippen molar-refractivity contribution < 1.29 is 28.9 Å². The van der Waals surface area contributed by atoms with Gasteiger partial charge in [-0.15, -0.1) is 0 Å². The van der Waals surface area contributed by atoms with E-state index in [4.69, 9.17) is 4.74 Å². The van der Waals surface area contributed by atoms with Crippen molar-refractivity contribution in [2.24, 2.45) is 23.2 Å². The molecule has 6 nitrogen and oxygen atoms in total. The van der Waals surface area contributed by atoms with Gasteiger partial charge in [0, 0.05) is 11.5 Å². The summed E-state index contributed by atoms with van der Waals surface area (Å²) in [5, 5.41) is 19.1. The lowest BCUT2D eigenvalue weighted by Gasteiger charge is -2.47. The highest BCUT2D eigenvalue weighted by molar-refractivity contribution is 5.97. The molecule has 0 spiro atoms. The Morgan fingerprint density at radius 2 is 1.85 bits per heavy atom. The average molecular weight is 476 g/mol. The van der Waals surface area contributed by atoms with Crippen LogP contribution in [0.4, 0.5) is 4.39 Å². The van der Waals surface area contributed by atoms with E-state index in [1.807, 2.05) is 0 Å². The van der Waals surface area contributed by atoms with Gasteiger partial charge in [-0.05, 0) is 86.7 Å². The molecule has 3 aliphatic rings. The number of carbonyl (C=O) groups is 2. The average Bonchev–Trinajstić information content (AvgIpc) is 3.59. The summed E-state index contributed by atoms with van der Waals surface area (Å²) in [6.45, 7) is 5.98. The van der Waals surface area contributed by atoms with E-state index >= 15 is 4.39 Å². The Labute approximate surface area is 201 Å². The number of aliphatic hydroxyl groups is 1. The molecule has 3 aliphatic carbocycles. The number of hydrogen-bond donors (Lipinski definition) is 2. The van der Waals surface area contributed by atoms with E-state index in [0.717, 1.165) is 53.9 Å². The second-order valence-electron chi connectivity index (χ2n) is 11.4. The third-order valence-corrected chi connectivity index (χ3v) is 8.09. The van der Waals surface area contributed by atoms with Crippen LogP contribution in [0.15, 0.2) is 12.1 Å². The minimum atomic E-state index is -1.23. The summed E-state index contributed by atoms with van der Waals surface area (Å²) in [6.07, 6.45) is 8.14. The highest BCUT2D eigenvalue weighted by Crippen LogP contribution is 2.51. The lowest BCUT2D eigenvalue weighted by molar-refractivity contribution is -0.143. The first-order valence-corrected chi connectivity index (χ1v) is 12.7. The Balaban J connectivity index is 1.54. The fourth-order valence-corrected chi connectivity index (χ4v) is 6.64. The number of carbonyl (C=O) groups excluding carboxylic acids is 1. The highest BCUT2D eigenvalue weighted by Gasteiger charge is 2.42. The molecule has 4 rings (SSSR count). The summed E-state index contributed by atoms with van der Waals surface area (Å²) >= 11 is 0. The molecule has 0 saturated heterocycles. The van der Waals surface area contributed by atoms with Crippen LogP contribution < -0.4 is 4.74 Å². The normalized spacial score (nSPS) is 29.4. The molecule has 1 amide bonds. The molecule has 34 heavy (non-hydrogen) atoms. The van der Waals surface area contributed by atoms with Crippen molar-refractivity contribution in [3.63, 3.8) is 0 Å². The van der Waals surface area contributed by atoms with Gasteiger partial charge in [-0.2, -0.15) is 0 Å². The molecule has 3 saturated carbocycles. The summed E-state index contributed by atoms with van der Waals surface area (Å²) in [5.41, 5.74) is 0.651. The van der Waals surface area contributed by atoms with Gasteiger partial charge in [0.2, 0.25) is 0 Å². The van der Waals surface area contributed by atoms with Crippen molar-refractivity contribution in [2.45, 2.75) is 84.1 Å². The van der Waals surface area contributed by atoms with E-state index in [0.29, 0.717) is 12.4 Å². The minimum Gasteiger partial charge on any atom is -0.493 e. The van der Waals surface area contributed by atoms with Crippen molar-refractivity contribution >= 4 is 11.9 Å². The fourth-order valence-electron chi connectivity index (χ4n) is 6.64. The first kappa shape index (κ1) is 25.0. The summed E-state index contributed by atoms with van der Waals surface area (Å²) in [4.78, 5) is 25.4. The number of halogens is 1. The number of fused-ring (bicyclic) bond motifs is 2. The van der Waals surface area contributed by atoms with Gasteiger partial charge in [-0.3, -0.25) is 4.79 Å². The van der Waals surface area contributed by atoms with Gasteiger partial charge < -0.3 is 19.8 Å². The second-order valence-corrected chi connectivity index (χ2v) is 11.4. The lowest BCUT2D eigenvalue weighted by Crippen LogP contribution is -2.45. The number of nitrogens with zero attached hydrogens (tertiary/aromatic N) is 1. The van der Waals surface area contributed by atoms with E-state index in [-0.39, 0.29) is 23.3 Å². The van der Waals surface area contributed by atoms with Gasteiger partial charge >= 0.3 is 5.97 Å². The van der Waals surface area contributed by atoms with E-state index in [2.05, 4.69) is 13.8 Å². The van der Waals surface area contributed by atoms with Crippen LogP contribution in [0.1, 0.15) is 94.0 Å². The van der Waals surface area contributed by atoms with Crippen molar-refractivity contribution in [3.8, 4) is 5.75 Å². The molecule has 2 N–H and O–H groups in total. The number of carboxylic acid groups (broad SMARTS) is 1. The second kappa shape index (κ2) is 9.84. The zero-order chi connectivity index (χ0) is 24.6. The van der Waals surface area contributed by atoms with Crippen LogP contribution in [0.5, 0.6) is 5.75 Å². The van der Waals surface area contributed by atoms with Gasteiger partial charge in [0.15, 0.2) is 0 Å². The van der Waals surface area contributed by atoms with Gasteiger partial charge in [0.1, 0.15) is 24.3 Å². The number of aliphatic hydroxyl groups excluding tert-OH is 1. The molecule has 0 heterocycles. The van der Waals surface area contributed by atoms with Crippen molar-refractivity contribution in [2.75, 3.05) is 13.3 Å². The van der Waals surface area contributed by atoms with Crippen LogP contribution in [0.2, 0.25) is 0 Å². The smallest absolute Gasteiger partial charge is 0.326 e. The number of hydrogen-bond acceptors (Lipinski definition) is 4. The Morgan fingerprint density at radius 1 is 1.21 bits per heavy atom. The Kier molecular flexibility index (Phi) is 7.22. The zero-order valence-electron chi connectivity index (χ0n) is 20.6. The number of carboxylic acids is 1. The SMILES string of the molecule is CC[C@@H](C(=O)O)N(CO)C(=O)c1cc(C2CC2)c(OCC2(C)CC3CC(C)CC(C3)C2)cc1F. The molecule has 3 fully saturated rings. The summed E-state index contributed by atoms with van der Waals surface area (Å²) in [6, 6.07) is 1.58. The number of benzene rings is 1. The van der Waals surface area contributed by atoms with Crippen LogP contribution in [0.3, 0.4) is 0 Å². The van der Waals surface area contributed by atoms with Crippen molar-refractivity contribution in [1.82, 2.24) is 4.90 Å². The topological polar surface area (TPSA) is 87.1 Å². The zero-order valence-corrected chi connectivity index (χ0v) is 20.6. The Hall–Kier alpha value is -2.15. The van der Waals surface area contributed by atoms with Crippen LogP contribution in [0, 0.1) is 29.0 Å². The molecule has 2 bridgehead atoms. The van der Waals surface area contributed by atoms with Gasteiger partial charge in [-0.25, -0.2) is 9.18 Å². The molecule has 188 valence electrons. The number of rotatable bonds is 9. The molecule has 0 aromatic heterocycles. The molecule has 0 radical (unpaired) electrons. The Morgan fingerprint density at radius 3 is 2.38 bits per heavy atom. The number of aliphatic carboxylic acids is 1. The van der Waals surface area contributed by atoms with Crippen LogP contribution >= 0.6 is 0 Å². The predicted molar refractivity (Wildman–Crippen MR) is 126 cm³/mol. The van der Waals surface area contributed by atoms with Crippen LogP contribution in [0.25, 0.3) is 0 Å². The number of ether oxygens (including phenoxy) is 1.